The summed E-state index contributed by atoms with van der Waals surface area (Å²) >= 11 is 0. The molecule has 2 aromatic rings. The lowest BCUT2D eigenvalue weighted by molar-refractivity contribution is -0.270. The van der Waals surface area contributed by atoms with Gasteiger partial charge < -0.3 is 25.4 Å². The molecular weight excluding hydrogens is 470 g/mol. The second-order valence-electron chi connectivity index (χ2n) is 9.16. The molecule has 0 radical (unpaired) electrons. The molecule has 3 rings (SSSR count). The fourth-order valence-corrected chi connectivity index (χ4v) is 4.57. The number of amides is 2. The standard InChI is InChI=1S/C24H29F4N3O4/c1-12-11-16(5-6-17(12)25)30-21(33)18-13(2)19(31(4)14(18)3)20(32)22(34)29-15-7-9-23(35,10-8-15)24(26,27)28/h5-6,11,15,20,32,35H,7-10H2,1-4H3,(H,29,34)(H,30,33)/t15-,20?,23-. The van der Waals surface area contributed by atoms with Crippen LogP contribution in [0, 0.1) is 26.6 Å². The zero-order valence-electron chi connectivity index (χ0n) is 19.9. The van der Waals surface area contributed by atoms with Crippen LogP contribution in [0.25, 0.3) is 0 Å². The number of alkyl halides is 3. The number of hydrogen-bond acceptors (Lipinski definition) is 4. The van der Waals surface area contributed by atoms with E-state index in [0.29, 0.717) is 22.5 Å². The summed E-state index contributed by atoms with van der Waals surface area (Å²) in [6, 6.07) is 3.50. The van der Waals surface area contributed by atoms with Gasteiger partial charge in [-0.1, -0.05) is 0 Å². The molecule has 1 atom stereocenters. The van der Waals surface area contributed by atoms with E-state index in [0.717, 1.165) is 0 Å². The summed E-state index contributed by atoms with van der Waals surface area (Å²) in [6.45, 7) is 4.78. The molecule has 2 amide bonds. The van der Waals surface area contributed by atoms with Gasteiger partial charge in [-0.3, -0.25) is 9.59 Å². The van der Waals surface area contributed by atoms with Crippen molar-refractivity contribution in [1.82, 2.24) is 9.88 Å². The first kappa shape index (κ1) is 26.7. The Bertz CT molecular complexity index is 1130. The van der Waals surface area contributed by atoms with E-state index in [1.807, 2.05) is 0 Å². The number of carbonyl (C=O) groups excluding carboxylic acids is 2. The zero-order valence-corrected chi connectivity index (χ0v) is 19.9. The van der Waals surface area contributed by atoms with Crippen molar-refractivity contribution in [3.05, 3.63) is 52.1 Å². The average Bonchev–Trinajstić information content (AvgIpc) is 2.99. The highest BCUT2D eigenvalue weighted by Gasteiger charge is 2.54. The van der Waals surface area contributed by atoms with Crippen molar-refractivity contribution in [3.8, 4) is 0 Å². The summed E-state index contributed by atoms with van der Waals surface area (Å²) < 4.78 is 54.0. The first-order valence-electron chi connectivity index (χ1n) is 11.2. The van der Waals surface area contributed by atoms with Crippen molar-refractivity contribution >= 4 is 17.5 Å². The molecule has 0 spiro atoms. The largest absolute Gasteiger partial charge is 0.417 e. The molecule has 7 nitrogen and oxygen atoms in total. The minimum absolute atomic E-state index is 0.0929. The van der Waals surface area contributed by atoms with Crippen molar-refractivity contribution in [3.63, 3.8) is 0 Å². The van der Waals surface area contributed by atoms with Crippen LogP contribution in [0.5, 0.6) is 0 Å². The quantitative estimate of drug-likeness (QED) is 0.471. The molecule has 0 aliphatic heterocycles. The third-order valence-corrected chi connectivity index (χ3v) is 6.82. The summed E-state index contributed by atoms with van der Waals surface area (Å²) in [4.78, 5) is 25.7. The maximum atomic E-state index is 13.5. The third kappa shape index (κ3) is 5.20. The van der Waals surface area contributed by atoms with E-state index in [9.17, 15) is 37.4 Å². The van der Waals surface area contributed by atoms with Gasteiger partial charge in [0.2, 0.25) is 0 Å². The molecule has 1 saturated carbocycles. The van der Waals surface area contributed by atoms with E-state index in [2.05, 4.69) is 10.6 Å². The van der Waals surface area contributed by atoms with Gasteiger partial charge >= 0.3 is 6.18 Å². The van der Waals surface area contributed by atoms with Crippen LogP contribution in [-0.2, 0) is 11.8 Å². The smallest absolute Gasteiger partial charge is 0.380 e. The molecular formula is C24H29F4N3O4. The van der Waals surface area contributed by atoms with Crippen molar-refractivity contribution in [1.29, 1.82) is 0 Å². The zero-order chi connectivity index (χ0) is 26.3. The molecule has 1 aromatic carbocycles. The van der Waals surface area contributed by atoms with Gasteiger partial charge in [0.25, 0.3) is 11.8 Å². The molecule has 35 heavy (non-hydrogen) atoms. The number of aryl methyl sites for hydroxylation is 1. The number of aliphatic hydroxyl groups excluding tert-OH is 1. The number of nitrogens with one attached hydrogen (secondary N) is 2. The Kier molecular flexibility index (Phi) is 7.33. The molecule has 1 aliphatic rings. The van der Waals surface area contributed by atoms with Crippen molar-refractivity contribution in [2.45, 2.75) is 70.4 Å². The van der Waals surface area contributed by atoms with Gasteiger partial charge in [0.05, 0.1) is 11.3 Å². The second-order valence-corrected chi connectivity index (χ2v) is 9.16. The summed E-state index contributed by atoms with van der Waals surface area (Å²) in [6.07, 6.45) is -7.70. The Morgan fingerprint density at radius 1 is 1.17 bits per heavy atom. The highest BCUT2D eigenvalue weighted by atomic mass is 19.4. The van der Waals surface area contributed by atoms with Gasteiger partial charge in [-0.25, -0.2) is 4.39 Å². The van der Waals surface area contributed by atoms with Crippen LogP contribution < -0.4 is 10.6 Å². The van der Waals surface area contributed by atoms with E-state index in [4.69, 9.17) is 0 Å². The van der Waals surface area contributed by atoms with Gasteiger partial charge in [0.15, 0.2) is 11.7 Å². The lowest BCUT2D eigenvalue weighted by atomic mass is 9.81. The van der Waals surface area contributed by atoms with Gasteiger partial charge in [0, 0.05) is 24.5 Å². The number of nitrogens with zero attached hydrogens (tertiary/aromatic N) is 1. The molecule has 1 aromatic heterocycles. The molecule has 0 bridgehead atoms. The van der Waals surface area contributed by atoms with E-state index < -0.39 is 54.4 Å². The molecule has 1 unspecified atom stereocenters. The Morgan fingerprint density at radius 3 is 2.31 bits per heavy atom. The molecule has 1 fully saturated rings. The Balaban J connectivity index is 1.74. The topological polar surface area (TPSA) is 104 Å². The van der Waals surface area contributed by atoms with Crippen molar-refractivity contribution in [2.75, 3.05) is 5.32 Å². The molecule has 1 aliphatic carbocycles. The number of aliphatic hydroxyl groups is 2. The van der Waals surface area contributed by atoms with Crippen LogP contribution in [0.4, 0.5) is 23.2 Å². The SMILES string of the molecule is Cc1cc(NC(=O)c2c(C)c(C(O)C(=O)N[C@H]3CC[C@@](O)(C(F)(F)F)CC3)n(C)c2C)ccc1F. The molecule has 4 N–H and O–H groups in total. The Hall–Kier alpha value is -2.92. The number of halogens is 4. The van der Waals surface area contributed by atoms with Gasteiger partial charge in [-0.05, 0) is 75.8 Å². The van der Waals surface area contributed by atoms with Crippen LogP contribution in [0.15, 0.2) is 18.2 Å². The van der Waals surface area contributed by atoms with Crippen LogP contribution in [0.1, 0.15) is 64.7 Å². The summed E-state index contributed by atoms with van der Waals surface area (Å²) in [5, 5.41) is 25.8. The van der Waals surface area contributed by atoms with Gasteiger partial charge in [-0.15, -0.1) is 0 Å². The molecule has 0 saturated heterocycles. The maximum Gasteiger partial charge on any atom is 0.417 e. The minimum atomic E-state index is -4.75. The molecule has 11 heteroatoms. The number of benzene rings is 1. The second kappa shape index (κ2) is 9.62. The lowest BCUT2D eigenvalue weighted by Gasteiger charge is -2.37. The first-order valence-corrected chi connectivity index (χ1v) is 11.2. The fourth-order valence-electron chi connectivity index (χ4n) is 4.57. The predicted molar refractivity (Wildman–Crippen MR) is 120 cm³/mol. The van der Waals surface area contributed by atoms with Crippen molar-refractivity contribution in [2.24, 2.45) is 7.05 Å². The van der Waals surface area contributed by atoms with E-state index in [1.54, 1.807) is 27.8 Å². The normalized spacial score (nSPS) is 21.5. The van der Waals surface area contributed by atoms with E-state index in [-0.39, 0.29) is 24.1 Å². The molecule has 1 heterocycles. The van der Waals surface area contributed by atoms with Gasteiger partial charge in [0.1, 0.15) is 5.82 Å². The monoisotopic (exact) mass is 499 g/mol. The van der Waals surface area contributed by atoms with Crippen molar-refractivity contribution < 1.29 is 37.4 Å². The summed E-state index contributed by atoms with van der Waals surface area (Å²) in [5.41, 5.74) is -0.787. The van der Waals surface area contributed by atoms with Crippen LogP contribution >= 0.6 is 0 Å². The first-order chi connectivity index (χ1) is 16.2. The maximum absolute atomic E-state index is 13.5. The minimum Gasteiger partial charge on any atom is -0.380 e. The highest BCUT2D eigenvalue weighted by molar-refractivity contribution is 6.06. The number of rotatable bonds is 5. The van der Waals surface area contributed by atoms with Crippen LogP contribution in [0.2, 0.25) is 0 Å². The number of aromatic nitrogens is 1. The highest BCUT2D eigenvalue weighted by Crippen LogP contribution is 2.41. The summed E-state index contributed by atoms with van der Waals surface area (Å²) in [7, 11) is 1.58. The molecule has 192 valence electrons. The van der Waals surface area contributed by atoms with E-state index in [1.165, 1.54) is 22.8 Å². The Labute approximate surface area is 200 Å². The van der Waals surface area contributed by atoms with Gasteiger partial charge in [-0.2, -0.15) is 13.2 Å². The van der Waals surface area contributed by atoms with Crippen LogP contribution in [0.3, 0.4) is 0 Å². The average molecular weight is 500 g/mol. The number of carbonyl (C=O) groups is 2. The van der Waals surface area contributed by atoms with E-state index >= 15 is 0 Å². The Morgan fingerprint density at radius 2 is 1.77 bits per heavy atom. The number of anilines is 1. The summed E-state index contributed by atoms with van der Waals surface area (Å²) in [5.74, 6) is -1.72. The fraction of sp³-hybridized carbons (Fsp3) is 0.500. The lowest BCUT2D eigenvalue weighted by Crippen LogP contribution is -2.51. The van der Waals surface area contributed by atoms with Crippen LogP contribution in [-0.4, -0.2) is 44.4 Å². The predicted octanol–water partition coefficient (Wildman–Crippen LogP) is 3.73. The third-order valence-electron chi connectivity index (χ3n) is 6.82. The number of hydrogen-bond donors (Lipinski definition) is 4.